The maximum absolute atomic E-state index is 11.4. The Morgan fingerprint density at radius 3 is 1.82 bits per heavy atom. The molecule has 61 heavy (non-hydrogen) atoms. The molecular formula is C55H37N3O3. The van der Waals surface area contributed by atoms with E-state index < -0.39 is 6.17 Å². The van der Waals surface area contributed by atoms with E-state index in [2.05, 4.69) is 157 Å². The third kappa shape index (κ3) is 5.42. The van der Waals surface area contributed by atoms with Crippen molar-refractivity contribution in [3.63, 3.8) is 0 Å². The van der Waals surface area contributed by atoms with E-state index in [0.717, 1.165) is 40.7 Å². The summed E-state index contributed by atoms with van der Waals surface area (Å²) < 4.78 is 0. The van der Waals surface area contributed by atoms with Crippen LogP contribution in [0.3, 0.4) is 0 Å². The summed E-state index contributed by atoms with van der Waals surface area (Å²) in [5.74, 6) is -0.238. The van der Waals surface area contributed by atoms with Gasteiger partial charge in [0.15, 0.2) is 5.84 Å². The van der Waals surface area contributed by atoms with Crippen LogP contribution in [0.5, 0.6) is 17.2 Å². The van der Waals surface area contributed by atoms with Gasteiger partial charge in [-0.05, 0) is 125 Å². The maximum Gasteiger partial charge on any atom is 0.159 e. The molecule has 0 saturated carbocycles. The number of nitrogens with one attached hydrogen (secondary N) is 1. The minimum atomic E-state index is -0.593. The number of aliphatic imine (C=N–C) groups is 2. The Kier molecular flexibility index (Phi) is 7.62. The van der Waals surface area contributed by atoms with Crippen molar-refractivity contribution in [3.05, 3.63) is 203 Å². The fraction of sp³-hybridized carbons (Fsp3) is 0.0545. The van der Waals surface area contributed by atoms with Gasteiger partial charge in [0.05, 0.1) is 5.56 Å². The summed E-state index contributed by atoms with van der Waals surface area (Å²) in [5, 5.41) is 44.0. The van der Waals surface area contributed by atoms with E-state index in [-0.39, 0.29) is 34.2 Å². The van der Waals surface area contributed by atoms with Gasteiger partial charge >= 0.3 is 0 Å². The van der Waals surface area contributed by atoms with E-state index in [4.69, 9.17) is 9.98 Å². The zero-order chi connectivity index (χ0) is 40.9. The number of fused-ring (bicyclic) bond motifs is 12. The number of hydrogen-bond donors (Lipinski definition) is 4. The Morgan fingerprint density at radius 1 is 0.508 bits per heavy atom. The van der Waals surface area contributed by atoms with Crippen molar-refractivity contribution in [2.24, 2.45) is 9.98 Å². The van der Waals surface area contributed by atoms with Crippen LogP contribution in [0.2, 0.25) is 0 Å². The fourth-order valence-electron chi connectivity index (χ4n) is 9.88. The number of nitrogens with zero attached hydrogens (tertiary/aromatic N) is 2. The highest BCUT2D eigenvalue weighted by Crippen LogP contribution is 2.44. The van der Waals surface area contributed by atoms with Gasteiger partial charge in [-0.15, -0.1) is 0 Å². The number of aromatic hydroxyl groups is 3. The second kappa shape index (κ2) is 13.3. The molecule has 2 aliphatic carbocycles. The summed E-state index contributed by atoms with van der Waals surface area (Å²) >= 11 is 0. The molecule has 290 valence electrons. The van der Waals surface area contributed by atoms with Crippen molar-refractivity contribution in [2.75, 3.05) is 0 Å². The molecular weight excluding hydrogens is 751 g/mol. The van der Waals surface area contributed by atoms with Crippen molar-refractivity contribution in [1.82, 2.24) is 5.32 Å². The molecule has 4 N–H and O–H groups in total. The Hall–Kier alpha value is -7.96. The van der Waals surface area contributed by atoms with E-state index >= 15 is 0 Å². The van der Waals surface area contributed by atoms with Gasteiger partial charge in [0.2, 0.25) is 0 Å². The summed E-state index contributed by atoms with van der Waals surface area (Å²) in [6.45, 7) is 3.77. The quantitative estimate of drug-likeness (QED) is 0.131. The van der Waals surface area contributed by atoms with Crippen LogP contribution in [0.1, 0.15) is 50.7 Å². The summed E-state index contributed by atoms with van der Waals surface area (Å²) in [7, 11) is 0. The van der Waals surface area contributed by atoms with Crippen LogP contribution in [0.25, 0.3) is 71.8 Å². The average Bonchev–Trinajstić information content (AvgIpc) is 3.86. The lowest BCUT2D eigenvalue weighted by molar-refractivity contribution is 0.424. The fourth-order valence-corrected chi connectivity index (χ4v) is 9.88. The summed E-state index contributed by atoms with van der Waals surface area (Å²) in [5.41, 5.74) is 13.9. The van der Waals surface area contributed by atoms with Gasteiger partial charge in [0.1, 0.15) is 34.8 Å². The predicted molar refractivity (Wildman–Crippen MR) is 248 cm³/mol. The molecule has 6 heteroatoms. The lowest BCUT2D eigenvalue weighted by Gasteiger charge is -2.25. The van der Waals surface area contributed by atoms with Crippen molar-refractivity contribution in [1.29, 1.82) is 0 Å². The van der Waals surface area contributed by atoms with Crippen LogP contribution in [0.4, 0.5) is 0 Å². The van der Waals surface area contributed by atoms with Gasteiger partial charge in [-0.3, -0.25) is 0 Å². The van der Waals surface area contributed by atoms with Crippen molar-refractivity contribution >= 4 is 50.1 Å². The monoisotopic (exact) mass is 787 g/mol. The highest BCUT2D eigenvalue weighted by molar-refractivity contribution is 6.25. The summed E-state index contributed by atoms with van der Waals surface area (Å²) in [6, 6.07) is 53.4. The zero-order valence-corrected chi connectivity index (χ0v) is 32.9. The van der Waals surface area contributed by atoms with E-state index in [1.54, 1.807) is 0 Å². The SMILES string of the molecule is C=Cc1c(O)cc(O)c(C2=NC(c3ccc4c(c3)-c3cc(-c5ccc6c7ccccc7c7ccccc7c6c5)ccc3C4)=NC(c3ccc4c(c3)Cc3ccccc3-4)N2)c1O. The molecule has 0 fully saturated rings. The highest BCUT2D eigenvalue weighted by atomic mass is 16.3. The predicted octanol–water partition coefficient (Wildman–Crippen LogP) is 12.2. The average molecular weight is 788 g/mol. The molecule has 1 unspecified atom stereocenters. The first-order valence-electron chi connectivity index (χ1n) is 20.5. The molecule has 12 rings (SSSR count). The number of hydrogen-bond acceptors (Lipinski definition) is 6. The topological polar surface area (TPSA) is 97.4 Å². The molecule has 1 atom stereocenters. The lowest BCUT2D eigenvalue weighted by atomic mass is 9.91. The molecule has 3 aliphatic rings. The number of phenolic OH excluding ortho intramolecular Hbond substituents is 3. The normalized spacial score (nSPS) is 14.9. The van der Waals surface area contributed by atoms with Crippen molar-refractivity contribution in [2.45, 2.75) is 19.0 Å². The Labute approximate surface area is 351 Å². The van der Waals surface area contributed by atoms with Crippen LogP contribution in [-0.4, -0.2) is 27.0 Å². The Bertz CT molecular complexity index is 3440. The standard InChI is InChI=1S/C55H37N3O3/c1-2-38-49(59)29-50(60)51(52(38)61)55-57-53(35-20-21-40-37(25-35)24-32-9-3-4-10-39(32)40)56-54(58-55)36-18-17-34-23-33-16-15-30(26-46(33)47(34)28-36)31-19-22-45-43-13-6-5-11-41(43)42-12-7-8-14-44(42)48(45)27-31/h2-22,25-29,53,59-61H,1,23-24H2,(H,56,57,58). The first-order chi connectivity index (χ1) is 29.9. The van der Waals surface area contributed by atoms with Crippen LogP contribution in [-0.2, 0) is 12.8 Å². The first kappa shape index (κ1) is 35.0. The molecule has 0 saturated heterocycles. The minimum Gasteiger partial charge on any atom is -0.507 e. The highest BCUT2D eigenvalue weighted by Gasteiger charge is 2.29. The number of amidine groups is 2. The van der Waals surface area contributed by atoms with E-state index in [9.17, 15) is 15.3 Å². The smallest absolute Gasteiger partial charge is 0.159 e. The molecule has 0 radical (unpaired) electrons. The van der Waals surface area contributed by atoms with Crippen LogP contribution >= 0.6 is 0 Å². The third-order valence-electron chi connectivity index (χ3n) is 12.8. The van der Waals surface area contributed by atoms with Crippen molar-refractivity contribution in [3.8, 4) is 50.6 Å². The molecule has 6 nitrogen and oxygen atoms in total. The summed E-state index contributed by atoms with van der Waals surface area (Å²) in [6.07, 6.45) is 2.41. The molecule has 1 heterocycles. The van der Waals surface area contributed by atoms with E-state index in [1.807, 2.05) is 0 Å². The zero-order valence-electron chi connectivity index (χ0n) is 32.9. The van der Waals surface area contributed by atoms with Gasteiger partial charge in [0, 0.05) is 11.6 Å². The second-order valence-electron chi connectivity index (χ2n) is 16.2. The Balaban J connectivity index is 0.968. The molecule has 0 bridgehead atoms. The summed E-state index contributed by atoms with van der Waals surface area (Å²) in [4.78, 5) is 10.2. The van der Waals surface area contributed by atoms with E-state index in [0.29, 0.717) is 5.84 Å². The number of benzene rings is 9. The largest absolute Gasteiger partial charge is 0.507 e. The molecule has 0 aromatic heterocycles. The van der Waals surface area contributed by atoms with Gasteiger partial charge < -0.3 is 20.6 Å². The molecule has 0 spiro atoms. The van der Waals surface area contributed by atoms with Gasteiger partial charge in [0.25, 0.3) is 0 Å². The molecule has 0 amide bonds. The minimum absolute atomic E-state index is 0.0611. The van der Waals surface area contributed by atoms with Gasteiger partial charge in [-0.25, -0.2) is 9.98 Å². The molecule has 9 aromatic carbocycles. The van der Waals surface area contributed by atoms with Crippen LogP contribution in [0, 0.1) is 0 Å². The van der Waals surface area contributed by atoms with E-state index in [1.165, 1.54) is 83.4 Å². The molecule has 1 aliphatic heterocycles. The second-order valence-corrected chi connectivity index (χ2v) is 16.2. The third-order valence-corrected chi connectivity index (χ3v) is 12.8. The van der Waals surface area contributed by atoms with Gasteiger partial charge in [-0.1, -0.05) is 140 Å². The van der Waals surface area contributed by atoms with Gasteiger partial charge in [-0.2, -0.15) is 0 Å². The first-order valence-corrected chi connectivity index (χ1v) is 20.5. The number of phenols is 3. The van der Waals surface area contributed by atoms with Crippen LogP contribution < -0.4 is 5.32 Å². The van der Waals surface area contributed by atoms with Crippen molar-refractivity contribution < 1.29 is 15.3 Å². The maximum atomic E-state index is 11.4. The molecule has 9 aromatic rings. The van der Waals surface area contributed by atoms with Crippen LogP contribution in [0.15, 0.2) is 168 Å². The number of rotatable bonds is 5. The Morgan fingerprint density at radius 2 is 1.08 bits per heavy atom. The lowest BCUT2D eigenvalue weighted by Crippen LogP contribution is -2.33.